The lowest BCUT2D eigenvalue weighted by molar-refractivity contribution is -0.377. The van der Waals surface area contributed by atoms with Gasteiger partial charge in [0.1, 0.15) is 31.0 Å². The van der Waals surface area contributed by atoms with Crippen molar-refractivity contribution in [3.63, 3.8) is 0 Å². The van der Waals surface area contributed by atoms with E-state index >= 15 is 9.59 Å². The predicted octanol–water partition coefficient (Wildman–Crippen LogP) is 39.1. The van der Waals surface area contributed by atoms with E-state index in [9.17, 15) is 29.7 Å². The first kappa shape index (κ1) is 142. The number of allylic oxidation sites excluding steroid dienone is 4. The Labute approximate surface area is 927 Å². The molecule has 0 radical (unpaired) electrons. The molecule has 0 bridgehead atoms. The van der Waals surface area contributed by atoms with Gasteiger partial charge in [0.2, 0.25) is 12.6 Å². The van der Waals surface area contributed by atoms with Gasteiger partial charge in [-0.2, -0.15) is 0 Å². The smallest absolute Gasteiger partial charge is 0.333 e. The molecule has 3 N–H and O–H groups in total. The van der Waals surface area contributed by atoms with Gasteiger partial charge in [0.15, 0.2) is 24.4 Å². The molecule has 0 aliphatic carbocycles. The zero-order valence-corrected chi connectivity index (χ0v) is 102. The molecule has 2 rings (SSSR count). The average Bonchev–Trinajstić information content (AvgIpc) is 0.767. The first-order valence-corrected chi connectivity index (χ1v) is 65.4. The SMILES string of the molecule is CCCCCCCCCCCCCCCCCC[C@H](C)C[C@H](C)/C=C(\C)C(=O)O[C@@H]1C(CO)O[C@H](O[C@H]2OC(COC(=O)/C(C)=C/[C@@H](C)C[C@@H](C)CCCCCCCCCCCCCCCC)[C@@H](O)C(OC(=O)/C(C)=C/[C@@H](C)C[C@@H](C)CCCCCCCCCCCCCCCC)[C@H]2OC(=O)CCCCCCCCCCCCCCCCC)[C@@H](OC(=O)/C(C)=C/[C@@H](C)C[C@@H](C)CCCCCCCCCCCCCCCCCC)C1O. The predicted molar refractivity (Wildman–Crippen MR) is 633 cm³/mol. The topological polar surface area (TPSA) is 220 Å². The van der Waals surface area contributed by atoms with E-state index in [4.69, 9.17) is 37.9 Å². The van der Waals surface area contributed by atoms with Crippen LogP contribution in [0.15, 0.2) is 46.6 Å². The number of aliphatic hydroxyl groups excluding tert-OH is 3. The van der Waals surface area contributed by atoms with Gasteiger partial charge in [0, 0.05) is 28.7 Å². The summed E-state index contributed by atoms with van der Waals surface area (Å²) in [4.78, 5) is 74.2. The van der Waals surface area contributed by atoms with Crippen molar-refractivity contribution in [2.75, 3.05) is 13.2 Å². The van der Waals surface area contributed by atoms with Crippen LogP contribution in [-0.2, 0) is 61.9 Å². The summed E-state index contributed by atoms with van der Waals surface area (Å²) in [6.45, 7) is 34.2. The Morgan fingerprint density at radius 1 is 0.247 bits per heavy atom. The van der Waals surface area contributed by atoms with Crippen molar-refractivity contribution in [2.24, 2.45) is 47.3 Å². The van der Waals surface area contributed by atoms with Crippen molar-refractivity contribution in [3.05, 3.63) is 46.6 Å². The number of carbonyl (C=O) groups is 5. The summed E-state index contributed by atoms with van der Waals surface area (Å²) in [6.07, 6.45) is 93.7. The third-order valence-electron chi connectivity index (χ3n) is 32.8. The lowest BCUT2D eigenvalue weighted by Crippen LogP contribution is -2.66. The fourth-order valence-corrected chi connectivity index (χ4v) is 23.4. The number of hydrogen-bond acceptors (Lipinski definition) is 16. The molecule has 0 aromatic carbocycles. The van der Waals surface area contributed by atoms with Gasteiger partial charge in [0.05, 0.1) is 6.61 Å². The molecule has 2 aliphatic rings. The largest absolute Gasteiger partial charge is 0.459 e. The van der Waals surface area contributed by atoms with E-state index in [1.807, 2.05) is 24.3 Å². The summed E-state index contributed by atoms with van der Waals surface area (Å²) >= 11 is 0. The molecule has 2 heterocycles. The van der Waals surface area contributed by atoms with E-state index in [1.54, 1.807) is 27.7 Å². The van der Waals surface area contributed by atoms with Gasteiger partial charge >= 0.3 is 29.8 Å². The summed E-state index contributed by atoms with van der Waals surface area (Å²) in [5, 5.41) is 37.6. The highest BCUT2D eigenvalue weighted by Crippen LogP contribution is 2.38. The van der Waals surface area contributed by atoms with E-state index in [1.165, 1.54) is 424 Å². The molecule has 0 amide bonds. The van der Waals surface area contributed by atoms with Crippen LogP contribution in [0.4, 0.5) is 0 Å². The van der Waals surface area contributed by atoms with Crippen LogP contribution in [0, 0.1) is 47.3 Å². The summed E-state index contributed by atoms with van der Waals surface area (Å²) < 4.78 is 52.3. The number of ether oxygens (including phenoxy) is 8. The average molecular weight is 2120 g/mol. The second-order valence-corrected chi connectivity index (χ2v) is 48.9. The van der Waals surface area contributed by atoms with Crippen LogP contribution in [0.2, 0.25) is 0 Å². The van der Waals surface area contributed by atoms with Gasteiger partial charge in [-0.25, -0.2) is 19.2 Å². The molecule has 150 heavy (non-hydrogen) atoms. The lowest BCUT2D eigenvalue weighted by atomic mass is 9.91. The van der Waals surface area contributed by atoms with Crippen molar-refractivity contribution in [2.45, 2.75) is 718 Å². The minimum Gasteiger partial charge on any atom is -0.459 e. The quantitative estimate of drug-likeness (QED) is 0.0223. The van der Waals surface area contributed by atoms with E-state index in [-0.39, 0.29) is 41.2 Å². The molecule has 16 heteroatoms. The van der Waals surface area contributed by atoms with Gasteiger partial charge in [-0.1, -0.05) is 615 Å². The molecule has 0 saturated carbocycles. The van der Waals surface area contributed by atoms with Crippen LogP contribution in [0.3, 0.4) is 0 Å². The van der Waals surface area contributed by atoms with Crippen molar-refractivity contribution >= 4 is 29.8 Å². The molecule has 4 unspecified atom stereocenters. The third kappa shape index (κ3) is 76.7. The van der Waals surface area contributed by atoms with Crippen LogP contribution in [0.25, 0.3) is 0 Å². The van der Waals surface area contributed by atoms with E-state index in [2.05, 4.69) is 90.0 Å². The second-order valence-electron chi connectivity index (χ2n) is 48.9. The normalized spacial score (nSPS) is 20.1. The standard InChI is InChI=1S/C134H248O16/c1-18-23-28-33-38-43-48-53-58-61-65-70-75-80-84-89-94-109(7)99-113(11)103-117(15)130(140)147-125-120(106-135)144-133(127(124(125)138)149-132(142)119(17)105-115(13)101-111(9)96-91-86-81-76-71-66-62-59-54-49-44-39-34-29-24-19-2)150-134-128(146-122(136)97-92-87-82-77-72-67-60-55-50-45-40-35-30-25-20-3)126(148-131(141)118(16)104-114(12)100-110(8)95-90-85-79-74-69-64-57-52-47-42-37-32-27-22-5)123(137)121(145-134)107-143-129(139)116(14)102-112(10)98-108(6)93-88-83-78-73-68-63-56-51-46-41-36-31-26-21-4/h102-105,108-115,120-121,123-128,133-135,137-138H,18-101,106-107H2,1-17H3/b116-102+,117-103+,118-104+,119-105+/t108-,109-,110-,111-,112-,113-,114-,115-,120?,121?,123+,124?,125+,126?,127-,128+,133+,134+/m0/s1. The highest BCUT2D eigenvalue weighted by molar-refractivity contribution is 5.89. The summed E-state index contributed by atoms with van der Waals surface area (Å²) in [5.41, 5.74) is 1.18. The van der Waals surface area contributed by atoms with E-state index in [0.717, 1.165) is 103 Å². The molecule has 2 aliphatic heterocycles. The molecule has 16 nitrogen and oxygen atoms in total. The number of hydrogen-bond donors (Lipinski definition) is 3. The summed E-state index contributed by atoms with van der Waals surface area (Å²) in [6, 6.07) is 0. The Hall–Kier alpha value is -3.93. The number of carbonyl (C=O) groups excluding carboxylic acids is 5. The highest BCUT2D eigenvalue weighted by Gasteiger charge is 2.56. The van der Waals surface area contributed by atoms with Crippen LogP contribution in [0.1, 0.15) is 657 Å². The first-order valence-electron chi connectivity index (χ1n) is 65.4. The minimum atomic E-state index is -1.92. The Kier molecular flexibility index (Phi) is 93.1. The van der Waals surface area contributed by atoms with Crippen LogP contribution >= 0.6 is 0 Å². The highest BCUT2D eigenvalue weighted by atomic mass is 16.8. The van der Waals surface area contributed by atoms with Crippen LogP contribution in [0.5, 0.6) is 0 Å². The summed E-state index contributed by atoms with van der Waals surface area (Å²) in [7, 11) is 0. The molecule has 2 fully saturated rings. The number of aliphatic hydroxyl groups is 3. The van der Waals surface area contributed by atoms with Crippen molar-refractivity contribution in [3.8, 4) is 0 Å². The fourth-order valence-electron chi connectivity index (χ4n) is 23.4. The van der Waals surface area contributed by atoms with E-state index in [0.29, 0.717) is 41.2 Å². The Balaban J connectivity index is 2.70. The van der Waals surface area contributed by atoms with Gasteiger partial charge in [0.25, 0.3) is 0 Å². The number of esters is 5. The molecule has 0 aromatic rings. The van der Waals surface area contributed by atoms with E-state index < -0.39 is 104 Å². The zero-order valence-electron chi connectivity index (χ0n) is 102. The van der Waals surface area contributed by atoms with Gasteiger partial charge in [-0.15, -0.1) is 0 Å². The monoisotopic (exact) mass is 2110 g/mol. The maximum Gasteiger partial charge on any atom is 0.333 e. The zero-order chi connectivity index (χ0) is 110. The first-order chi connectivity index (χ1) is 72.7. The third-order valence-corrected chi connectivity index (χ3v) is 32.8. The molecule has 18 atom stereocenters. The maximum absolute atomic E-state index is 15.1. The molecular weight excluding hydrogens is 1870 g/mol. The van der Waals surface area contributed by atoms with Crippen molar-refractivity contribution in [1.82, 2.24) is 0 Å². The van der Waals surface area contributed by atoms with Crippen LogP contribution in [-0.4, -0.2) is 120 Å². The summed E-state index contributed by atoms with van der Waals surface area (Å²) in [5.74, 6) is -2.16. The minimum absolute atomic E-state index is 0.00192. The Bertz CT molecular complexity index is 3270. The second kappa shape index (κ2) is 98.2. The molecular formula is C134H248O16. The molecule has 2 saturated heterocycles. The van der Waals surface area contributed by atoms with Gasteiger partial charge in [-0.05, 0) is 107 Å². The van der Waals surface area contributed by atoms with Crippen molar-refractivity contribution < 1.29 is 77.2 Å². The van der Waals surface area contributed by atoms with Gasteiger partial charge < -0.3 is 53.2 Å². The fraction of sp³-hybridized carbons (Fsp3) is 0.903. The maximum atomic E-state index is 15.1. The van der Waals surface area contributed by atoms with Crippen molar-refractivity contribution in [1.29, 1.82) is 0 Å². The molecule has 0 aromatic heterocycles. The molecule has 880 valence electrons. The van der Waals surface area contributed by atoms with Crippen LogP contribution < -0.4 is 0 Å². The number of unbranched alkanes of at least 4 members (excludes halogenated alkanes) is 70. The molecule has 0 spiro atoms. The van der Waals surface area contributed by atoms with Gasteiger partial charge in [-0.3, -0.25) is 4.79 Å². The lowest BCUT2D eigenvalue weighted by Gasteiger charge is -2.47. The Morgan fingerprint density at radius 3 is 0.700 bits per heavy atom. The Morgan fingerprint density at radius 2 is 0.453 bits per heavy atom. The number of rotatable bonds is 105.